The average Bonchev–Trinajstić information content (AvgIpc) is 2.33. The van der Waals surface area contributed by atoms with Gasteiger partial charge in [0.2, 0.25) is 0 Å². The van der Waals surface area contributed by atoms with Crippen molar-refractivity contribution >= 4 is 5.97 Å². The first-order chi connectivity index (χ1) is 5.12. The average molecular weight is 160 g/mol. The lowest BCUT2D eigenvalue weighted by molar-refractivity contribution is -0.187. The van der Waals surface area contributed by atoms with E-state index in [4.69, 9.17) is 14.2 Å². The van der Waals surface area contributed by atoms with Gasteiger partial charge in [0.15, 0.2) is 5.79 Å². The van der Waals surface area contributed by atoms with Crippen LogP contribution in [0.1, 0.15) is 13.8 Å². The van der Waals surface area contributed by atoms with Crippen LogP contribution in [0, 0.1) is 0 Å². The van der Waals surface area contributed by atoms with Gasteiger partial charge in [0.1, 0.15) is 6.61 Å². The molecule has 1 aliphatic rings. The van der Waals surface area contributed by atoms with Crippen molar-refractivity contribution in [2.75, 3.05) is 19.8 Å². The molecule has 0 aromatic heterocycles. The SMILES string of the molecule is CC(=O)OCC1(C)OCCO1. The lowest BCUT2D eigenvalue weighted by Crippen LogP contribution is -2.32. The number of esters is 1. The standard InChI is InChI=1S/C7H12O4/c1-6(8)9-5-7(2)10-3-4-11-7/h3-5H2,1-2H3. The van der Waals surface area contributed by atoms with E-state index in [1.54, 1.807) is 6.92 Å². The van der Waals surface area contributed by atoms with Gasteiger partial charge in [-0.05, 0) is 6.92 Å². The number of rotatable bonds is 2. The Hall–Kier alpha value is -0.610. The van der Waals surface area contributed by atoms with Gasteiger partial charge < -0.3 is 14.2 Å². The van der Waals surface area contributed by atoms with Crippen molar-refractivity contribution in [2.24, 2.45) is 0 Å². The fraction of sp³-hybridized carbons (Fsp3) is 0.857. The monoisotopic (exact) mass is 160 g/mol. The topological polar surface area (TPSA) is 44.8 Å². The molecule has 0 aliphatic carbocycles. The third-order valence-electron chi connectivity index (χ3n) is 1.44. The lowest BCUT2D eigenvalue weighted by atomic mass is 10.3. The Bertz CT molecular complexity index is 149. The molecule has 0 amide bonds. The van der Waals surface area contributed by atoms with E-state index in [0.29, 0.717) is 13.2 Å². The van der Waals surface area contributed by atoms with E-state index in [9.17, 15) is 4.79 Å². The van der Waals surface area contributed by atoms with Gasteiger partial charge in [-0.3, -0.25) is 4.79 Å². The first kappa shape index (κ1) is 8.49. The molecule has 11 heavy (non-hydrogen) atoms. The highest BCUT2D eigenvalue weighted by Crippen LogP contribution is 2.18. The van der Waals surface area contributed by atoms with Crippen LogP contribution in [-0.4, -0.2) is 31.6 Å². The Morgan fingerprint density at radius 2 is 2.09 bits per heavy atom. The molecule has 0 saturated carbocycles. The molecule has 4 heteroatoms. The van der Waals surface area contributed by atoms with Crippen LogP contribution >= 0.6 is 0 Å². The highest BCUT2D eigenvalue weighted by atomic mass is 16.8. The summed E-state index contributed by atoms with van der Waals surface area (Å²) in [5, 5.41) is 0. The summed E-state index contributed by atoms with van der Waals surface area (Å²) in [7, 11) is 0. The van der Waals surface area contributed by atoms with Gasteiger partial charge in [-0.25, -0.2) is 0 Å². The predicted molar refractivity (Wildman–Crippen MR) is 36.9 cm³/mol. The molecular formula is C7H12O4. The first-order valence-electron chi connectivity index (χ1n) is 3.54. The van der Waals surface area contributed by atoms with Gasteiger partial charge in [-0.2, -0.15) is 0 Å². The number of hydrogen-bond donors (Lipinski definition) is 0. The van der Waals surface area contributed by atoms with Crippen LogP contribution < -0.4 is 0 Å². The van der Waals surface area contributed by atoms with Crippen LogP contribution in [0.3, 0.4) is 0 Å². The van der Waals surface area contributed by atoms with Crippen molar-refractivity contribution in [3.05, 3.63) is 0 Å². The van der Waals surface area contributed by atoms with Crippen molar-refractivity contribution in [3.8, 4) is 0 Å². The Kier molecular flexibility index (Phi) is 2.46. The predicted octanol–water partition coefficient (Wildman–Crippen LogP) is 0.312. The van der Waals surface area contributed by atoms with Gasteiger partial charge in [-0.1, -0.05) is 0 Å². The summed E-state index contributed by atoms with van der Waals surface area (Å²) in [6.07, 6.45) is 0. The van der Waals surface area contributed by atoms with Crippen LogP contribution in [0.2, 0.25) is 0 Å². The third kappa shape index (κ3) is 2.48. The summed E-state index contributed by atoms with van der Waals surface area (Å²) >= 11 is 0. The highest BCUT2D eigenvalue weighted by molar-refractivity contribution is 5.65. The summed E-state index contributed by atoms with van der Waals surface area (Å²) in [4.78, 5) is 10.4. The smallest absolute Gasteiger partial charge is 0.302 e. The van der Waals surface area contributed by atoms with Crippen molar-refractivity contribution in [2.45, 2.75) is 19.6 Å². The Balaban J connectivity index is 2.28. The number of hydrogen-bond acceptors (Lipinski definition) is 4. The fourth-order valence-corrected chi connectivity index (χ4v) is 0.873. The van der Waals surface area contributed by atoms with E-state index in [1.807, 2.05) is 0 Å². The van der Waals surface area contributed by atoms with Crippen LogP contribution in [0.25, 0.3) is 0 Å². The van der Waals surface area contributed by atoms with Crippen molar-refractivity contribution in [1.29, 1.82) is 0 Å². The van der Waals surface area contributed by atoms with Crippen LogP contribution in [-0.2, 0) is 19.0 Å². The maximum atomic E-state index is 10.4. The van der Waals surface area contributed by atoms with Gasteiger partial charge in [-0.15, -0.1) is 0 Å². The van der Waals surface area contributed by atoms with E-state index < -0.39 is 5.79 Å². The number of carbonyl (C=O) groups excluding carboxylic acids is 1. The van der Waals surface area contributed by atoms with E-state index in [1.165, 1.54) is 6.92 Å². The van der Waals surface area contributed by atoms with Crippen molar-refractivity contribution in [3.63, 3.8) is 0 Å². The molecule has 1 fully saturated rings. The minimum Gasteiger partial charge on any atom is -0.460 e. The fourth-order valence-electron chi connectivity index (χ4n) is 0.873. The van der Waals surface area contributed by atoms with Gasteiger partial charge in [0.05, 0.1) is 13.2 Å². The van der Waals surface area contributed by atoms with E-state index in [2.05, 4.69) is 0 Å². The van der Waals surface area contributed by atoms with Gasteiger partial charge in [0, 0.05) is 6.92 Å². The Labute approximate surface area is 65.4 Å². The molecule has 0 aromatic carbocycles. The number of ether oxygens (including phenoxy) is 3. The summed E-state index contributed by atoms with van der Waals surface area (Å²) in [6.45, 7) is 4.42. The molecule has 0 atom stereocenters. The highest BCUT2D eigenvalue weighted by Gasteiger charge is 2.32. The summed E-state index contributed by atoms with van der Waals surface area (Å²) in [5.41, 5.74) is 0. The molecule has 0 spiro atoms. The molecule has 1 aliphatic heterocycles. The van der Waals surface area contributed by atoms with Gasteiger partial charge in [0.25, 0.3) is 0 Å². The second-order valence-electron chi connectivity index (χ2n) is 2.61. The van der Waals surface area contributed by atoms with Crippen LogP contribution in [0.15, 0.2) is 0 Å². The van der Waals surface area contributed by atoms with Crippen molar-refractivity contribution in [1.82, 2.24) is 0 Å². The van der Waals surface area contributed by atoms with E-state index >= 15 is 0 Å². The third-order valence-corrected chi connectivity index (χ3v) is 1.44. The minimum atomic E-state index is -0.717. The largest absolute Gasteiger partial charge is 0.460 e. The Morgan fingerprint density at radius 3 is 2.55 bits per heavy atom. The number of carbonyl (C=O) groups is 1. The molecule has 0 radical (unpaired) electrons. The normalized spacial score (nSPS) is 21.6. The molecule has 1 rings (SSSR count). The first-order valence-corrected chi connectivity index (χ1v) is 3.54. The zero-order valence-corrected chi connectivity index (χ0v) is 6.75. The molecule has 1 saturated heterocycles. The summed E-state index contributed by atoms with van der Waals surface area (Å²) in [6, 6.07) is 0. The zero-order valence-electron chi connectivity index (χ0n) is 6.75. The molecular weight excluding hydrogens is 148 g/mol. The molecule has 4 nitrogen and oxygen atoms in total. The lowest BCUT2D eigenvalue weighted by Gasteiger charge is -2.20. The van der Waals surface area contributed by atoms with E-state index in [0.717, 1.165) is 0 Å². The van der Waals surface area contributed by atoms with Crippen LogP contribution in [0.5, 0.6) is 0 Å². The van der Waals surface area contributed by atoms with Gasteiger partial charge >= 0.3 is 5.97 Å². The molecule has 0 unspecified atom stereocenters. The van der Waals surface area contributed by atoms with E-state index in [-0.39, 0.29) is 12.6 Å². The zero-order chi connectivity index (χ0) is 8.32. The molecule has 0 aromatic rings. The minimum absolute atomic E-state index is 0.169. The molecule has 0 bridgehead atoms. The Morgan fingerprint density at radius 1 is 1.55 bits per heavy atom. The summed E-state index contributed by atoms with van der Waals surface area (Å²) < 4.78 is 15.1. The molecule has 64 valence electrons. The molecule has 1 heterocycles. The second-order valence-corrected chi connectivity index (χ2v) is 2.61. The van der Waals surface area contributed by atoms with Crippen LogP contribution in [0.4, 0.5) is 0 Å². The van der Waals surface area contributed by atoms with Crippen molar-refractivity contribution < 1.29 is 19.0 Å². The summed E-state index contributed by atoms with van der Waals surface area (Å²) in [5.74, 6) is -1.03. The maximum Gasteiger partial charge on any atom is 0.302 e. The molecule has 0 N–H and O–H groups in total. The second kappa shape index (κ2) is 3.19. The maximum absolute atomic E-state index is 10.4. The quantitative estimate of drug-likeness (QED) is 0.545.